The van der Waals surface area contributed by atoms with Crippen molar-refractivity contribution in [3.05, 3.63) is 0 Å². The first-order chi connectivity index (χ1) is 2.50. The van der Waals surface area contributed by atoms with Crippen molar-refractivity contribution in [3.8, 4) is 0 Å². The van der Waals surface area contributed by atoms with Gasteiger partial charge < -0.3 is 5.73 Å². The third-order valence-electron chi connectivity index (χ3n) is 0.354. The van der Waals surface area contributed by atoms with Crippen LogP contribution in [0.15, 0.2) is 0 Å². The Hall–Kier alpha value is -0.0400. The van der Waals surface area contributed by atoms with Crippen LogP contribution >= 0.6 is 0 Å². The largest absolute Gasteiger partial charge is 0.333 e. The van der Waals surface area contributed by atoms with E-state index in [1.54, 1.807) is 0 Å². The van der Waals surface area contributed by atoms with E-state index in [0.29, 0.717) is 0 Å². The van der Waals surface area contributed by atoms with Gasteiger partial charge in [-0.15, -0.1) is 0 Å². The first-order valence-electron chi connectivity index (χ1n) is 2.08. The van der Waals surface area contributed by atoms with Crippen LogP contribution in [0.3, 0.4) is 0 Å². The Bertz CT molecular complexity index is 8.66. The Balaban J connectivity index is 0. The minimum absolute atomic E-state index is 0. The molecule has 0 unspecified atom stereocenters. The van der Waals surface area contributed by atoms with Crippen LogP contribution in [0.25, 0.3) is 0 Å². The summed E-state index contributed by atoms with van der Waals surface area (Å²) in [5, 5.41) is 0. The molecule has 1 aliphatic carbocycles. The molecule has 0 heterocycles. The van der Waals surface area contributed by atoms with Gasteiger partial charge in [-0.25, -0.2) is 0 Å². The lowest BCUT2D eigenvalue weighted by Crippen LogP contribution is -1.69. The van der Waals surface area contributed by atoms with Crippen LogP contribution < -0.4 is 5.73 Å². The highest BCUT2D eigenvalue weighted by Crippen LogP contribution is 2.14. The lowest BCUT2D eigenvalue weighted by molar-refractivity contribution is 1.48. The van der Waals surface area contributed by atoms with Crippen LogP contribution in [0.4, 0.5) is 0 Å². The van der Waals surface area contributed by atoms with Gasteiger partial charge in [0.2, 0.25) is 0 Å². The topological polar surface area (TPSA) is 26.0 Å². The molecule has 0 spiro atoms. The molecule has 1 heteroatoms. The number of rotatable bonds is 0. The molecule has 0 aromatic rings. The lowest BCUT2D eigenvalue weighted by Gasteiger charge is -1.19. The van der Waals surface area contributed by atoms with E-state index in [1.807, 2.05) is 0 Å². The van der Waals surface area contributed by atoms with Crippen LogP contribution in [-0.2, 0) is 0 Å². The van der Waals surface area contributed by atoms with Crippen LogP contribution in [0, 0.1) is 0 Å². The van der Waals surface area contributed by atoms with Gasteiger partial charge >= 0.3 is 0 Å². The molecule has 1 rings (SSSR count). The molecule has 1 nitrogen and oxygen atoms in total. The molecule has 0 aromatic carbocycles. The third kappa shape index (κ3) is 37.6. The Labute approximate surface area is 40.5 Å². The summed E-state index contributed by atoms with van der Waals surface area (Å²) in [6.07, 6.45) is 4.50. The van der Waals surface area contributed by atoms with Crippen molar-refractivity contribution >= 4 is 0 Å². The van der Waals surface area contributed by atoms with Crippen molar-refractivity contribution in [1.82, 2.24) is 0 Å². The molecule has 0 aromatic heterocycles. The van der Waals surface area contributed by atoms with Crippen molar-refractivity contribution in [1.29, 1.82) is 0 Å². The van der Waals surface area contributed by atoms with Gasteiger partial charge in [-0.2, -0.15) is 0 Å². The number of nitrogens with two attached hydrogens (primary N) is 1. The zero-order chi connectivity index (χ0) is 4.12. The fraction of sp³-hybridized carbons (Fsp3) is 1.00. The Morgan fingerprint density at radius 3 is 1.17 bits per heavy atom. The van der Waals surface area contributed by atoms with Crippen molar-refractivity contribution in [2.45, 2.75) is 26.7 Å². The normalized spacial score (nSPS) is 13.0. The van der Waals surface area contributed by atoms with Crippen LogP contribution in [0.1, 0.15) is 26.7 Å². The van der Waals surface area contributed by atoms with Crippen molar-refractivity contribution in [2.75, 3.05) is 7.05 Å². The molecule has 0 atom stereocenters. The molecule has 1 fully saturated rings. The van der Waals surface area contributed by atoms with Crippen molar-refractivity contribution in [2.24, 2.45) is 5.73 Å². The minimum Gasteiger partial charge on any atom is -0.333 e. The van der Waals surface area contributed by atoms with Gasteiger partial charge in [-0.1, -0.05) is 26.7 Å². The van der Waals surface area contributed by atoms with Gasteiger partial charge in [0.05, 0.1) is 0 Å². The van der Waals surface area contributed by atoms with E-state index in [4.69, 9.17) is 0 Å². The Morgan fingerprint density at radius 1 is 1.00 bits per heavy atom. The monoisotopic (exact) mass is 89.1 g/mol. The Kier molecular flexibility index (Phi) is 13.8. The minimum atomic E-state index is 0. The molecule has 0 radical (unpaired) electrons. The molecule has 0 aliphatic heterocycles. The van der Waals surface area contributed by atoms with Gasteiger partial charge in [-0.3, -0.25) is 0 Å². The van der Waals surface area contributed by atoms with Gasteiger partial charge in [0.25, 0.3) is 0 Å². The molecule has 2 N–H and O–H groups in total. The zero-order valence-electron chi connectivity index (χ0n) is 3.70. The molecular formula is C5H15N. The maximum atomic E-state index is 4.50. The van der Waals surface area contributed by atoms with Gasteiger partial charge in [-0.05, 0) is 7.05 Å². The summed E-state index contributed by atoms with van der Waals surface area (Å²) in [5.74, 6) is 0. The van der Waals surface area contributed by atoms with Crippen LogP contribution in [0.5, 0.6) is 0 Å². The van der Waals surface area contributed by atoms with E-state index in [0.717, 1.165) is 0 Å². The highest BCUT2D eigenvalue weighted by molar-refractivity contribution is 4.50. The van der Waals surface area contributed by atoms with Crippen molar-refractivity contribution in [3.63, 3.8) is 0 Å². The van der Waals surface area contributed by atoms with E-state index >= 15 is 0 Å². The summed E-state index contributed by atoms with van der Waals surface area (Å²) >= 11 is 0. The highest BCUT2D eigenvalue weighted by Gasteiger charge is 1.95. The maximum absolute atomic E-state index is 4.50. The van der Waals surface area contributed by atoms with E-state index < -0.39 is 0 Å². The molecule has 1 saturated carbocycles. The summed E-state index contributed by atoms with van der Waals surface area (Å²) in [7, 11) is 1.50. The zero-order valence-corrected chi connectivity index (χ0v) is 3.70. The Morgan fingerprint density at radius 2 is 1.17 bits per heavy atom. The number of hydrogen-bond donors (Lipinski definition) is 1. The fourth-order valence-electron chi connectivity index (χ4n) is 0. The quantitative estimate of drug-likeness (QED) is 0.476. The standard InChI is InChI=1S/C3H6.CH5N.CH4/c1-2-3-1;1-2;/h1-3H2;2H2,1H3;1H4. The molecule has 1 aliphatic rings. The van der Waals surface area contributed by atoms with E-state index in [9.17, 15) is 0 Å². The van der Waals surface area contributed by atoms with Gasteiger partial charge in [0.1, 0.15) is 0 Å². The molecule has 0 amide bonds. The lowest BCUT2D eigenvalue weighted by atomic mass is 11.0. The summed E-state index contributed by atoms with van der Waals surface area (Å²) in [6, 6.07) is 0. The van der Waals surface area contributed by atoms with E-state index in [2.05, 4.69) is 5.73 Å². The second-order valence-electron chi connectivity index (χ2n) is 1.06. The molecule has 6 heavy (non-hydrogen) atoms. The predicted octanol–water partition coefficient (Wildman–Crippen LogP) is 1.38. The fourth-order valence-corrected chi connectivity index (χ4v) is 0. The molecule has 40 valence electrons. The first kappa shape index (κ1) is 9.35. The summed E-state index contributed by atoms with van der Waals surface area (Å²) < 4.78 is 0. The highest BCUT2D eigenvalue weighted by atomic mass is 14.4. The van der Waals surface area contributed by atoms with E-state index in [1.165, 1.54) is 26.3 Å². The average Bonchev–Trinajstić information content (AvgIpc) is 2.19. The van der Waals surface area contributed by atoms with Crippen LogP contribution in [0.2, 0.25) is 0 Å². The number of hydrogen-bond acceptors (Lipinski definition) is 1. The summed E-state index contributed by atoms with van der Waals surface area (Å²) in [5.41, 5.74) is 4.50. The van der Waals surface area contributed by atoms with E-state index in [-0.39, 0.29) is 7.43 Å². The molecule has 0 bridgehead atoms. The average molecular weight is 89.2 g/mol. The maximum Gasteiger partial charge on any atom is -0.0195 e. The predicted molar refractivity (Wildman–Crippen MR) is 30.7 cm³/mol. The molecule has 0 saturated heterocycles. The van der Waals surface area contributed by atoms with Gasteiger partial charge in [0.15, 0.2) is 0 Å². The first-order valence-corrected chi connectivity index (χ1v) is 2.08. The second kappa shape index (κ2) is 8.88. The smallest absolute Gasteiger partial charge is 0.0195 e. The summed E-state index contributed by atoms with van der Waals surface area (Å²) in [6.45, 7) is 0. The molecular weight excluding hydrogens is 74.1 g/mol. The SMILES string of the molecule is C.C1CC1.CN. The third-order valence-corrected chi connectivity index (χ3v) is 0.354. The van der Waals surface area contributed by atoms with Crippen LogP contribution in [-0.4, -0.2) is 7.05 Å². The van der Waals surface area contributed by atoms with Crippen molar-refractivity contribution < 1.29 is 0 Å². The second-order valence-corrected chi connectivity index (χ2v) is 1.06. The van der Waals surface area contributed by atoms with Gasteiger partial charge in [0, 0.05) is 0 Å². The summed E-state index contributed by atoms with van der Waals surface area (Å²) in [4.78, 5) is 0.